The van der Waals surface area contributed by atoms with Gasteiger partial charge in [0.15, 0.2) is 5.82 Å². The molecule has 3 aromatic rings. The zero-order valence-electron chi connectivity index (χ0n) is 22.7. The van der Waals surface area contributed by atoms with Gasteiger partial charge in [-0.15, -0.1) is 0 Å². The Labute approximate surface area is 245 Å². The van der Waals surface area contributed by atoms with E-state index < -0.39 is 10.0 Å². The van der Waals surface area contributed by atoms with Gasteiger partial charge in [-0.2, -0.15) is 0 Å². The number of carbonyl (C=O) groups is 1. The molecule has 0 bridgehead atoms. The topological polar surface area (TPSA) is 98.7 Å². The van der Waals surface area contributed by atoms with E-state index >= 15 is 0 Å². The second-order valence-corrected chi connectivity index (χ2v) is 12.7. The largest absolute Gasteiger partial charge is 0.368 e. The summed E-state index contributed by atoms with van der Waals surface area (Å²) in [6.45, 7) is 8.69. The molecule has 2 aromatic carbocycles. The van der Waals surface area contributed by atoms with Crippen molar-refractivity contribution in [3.8, 4) is 0 Å². The van der Waals surface area contributed by atoms with E-state index in [0.717, 1.165) is 35.8 Å². The molecule has 1 saturated heterocycles. The molecular weight excluding hydrogens is 571 g/mol. The number of nitrogens with zero attached hydrogens (tertiary/aromatic N) is 5. The Hall–Kier alpha value is -3.08. The van der Waals surface area contributed by atoms with Crippen LogP contribution in [-0.2, 0) is 21.2 Å². The molecule has 0 saturated carbocycles. The Kier molecular flexibility index (Phi) is 8.13. The number of carbonyl (C=O) groups excluding carboxylic acids is 1. The monoisotopic (exact) mass is 602 g/mol. The molecular formula is C28H32Cl2N6O3S. The van der Waals surface area contributed by atoms with Gasteiger partial charge in [0.2, 0.25) is 5.91 Å². The number of nitrogens with one attached hydrogen (secondary N) is 1. The number of hydrogen-bond donors (Lipinski definition) is 1. The lowest BCUT2D eigenvalue weighted by atomic mass is 10.00. The van der Waals surface area contributed by atoms with E-state index in [-0.39, 0.29) is 27.7 Å². The third-order valence-corrected chi connectivity index (χ3v) is 9.53. The first-order valence-corrected chi connectivity index (χ1v) is 15.5. The molecule has 9 nitrogen and oxygen atoms in total. The summed E-state index contributed by atoms with van der Waals surface area (Å²) in [5.41, 5.74) is 3.67. The fourth-order valence-corrected chi connectivity index (χ4v) is 6.77. The van der Waals surface area contributed by atoms with E-state index in [1.807, 2.05) is 30.0 Å². The second kappa shape index (κ2) is 11.4. The number of aryl methyl sites for hydroxylation is 3. The first-order valence-electron chi connectivity index (χ1n) is 13.3. The van der Waals surface area contributed by atoms with E-state index in [4.69, 9.17) is 23.2 Å². The minimum Gasteiger partial charge on any atom is -0.368 e. The first-order chi connectivity index (χ1) is 19.0. The van der Waals surface area contributed by atoms with Crippen LogP contribution in [0.5, 0.6) is 0 Å². The van der Waals surface area contributed by atoms with Crippen molar-refractivity contribution in [2.45, 2.75) is 44.6 Å². The van der Waals surface area contributed by atoms with Gasteiger partial charge in [0.05, 0.1) is 10.6 Å². The van der Waals surface area contributed by atoms with E-state index in [1.54, 1.807) is 38.1 Å². The van der Waals surface area contributed by atoms with Gasteiger partial charge in [-0.25, -0.2) is 18.4 Å². The van der Waals surface area contributed by atoms with Crippen LogP contribution in [0.4, 0.5) is 17.2 Å². The van der Waals surface area contributed by atoms with Gasteiger partial charge in [-0.3, -0.25) is 9.52 Å². The Morgan fingerprint density at radius 2 is 1.68 bits per heavy atom. The lowest BCUT2D eigenvalue weighted by molar-refractivity contribution is -0.132. The van der Waals surface area contributed by atoms with Gasteiger partial charge < -0.3 is 14.7 Å². The molecule has 3 heterocycles. The lowest BCUT2D eigenvalue weighted by Gasteiger charge is -2.41. The molecule has 1 aromatic heterocycles. The number of fused-ring (bicyclic) bond motifs is 1. The van der Waals surface area contributed by atoms with Crippen molar-refractivity contribution in [3.05, 3.63) is 69.6 Å². The summed E-state index contributed by atoms with van der Waals surface area (Å²) in [6.07, 6.45) is 1.96. The van der Waals surface area contributed by atoms with E-state index in [1.165, 1.54) is 5.56 Å². The van der Waals surface area contributed by atoms with Crippen molar-refractivity contribution in [2.24, 2.45) is 0 Å². The van der Waals surface area contributed by atoms with E-state index in [2.05, 4.69) is 24.5 Å². The van der Waals surface area contributed by atoms with Crippen molar-refractivity contribution in [3.63, 3.8) is 0 Å². The van der Waals surface area contributed by atoms with Crippen LogP contribution in [0.1, 0.15) is 30.4 Å². The number of sulfonamides is 1. The molecule has 0 radical (unpaired) electrons. The van der Waals surface area contributed by atoms with Crippen LogP contribution in [0, 0.1) is 13.8 Å². The summed E-state index contributed by atoms with van der Waals surface area (Å²) in [5, 5.41) is 0.888. The molecule has 0 unspecified atom stereocenters. The third-order valence-electron chi connectivity index (χ3n) is 7.48. The van der Waals surface area contributed by atoms with Crippen LogP contribution in [0.25, 0.3) is 0 Å². The Morgan fingerprint density at radius 1 is 0.975 bits per heavy atom. The number of benzene rings is 2. The zero-order chi connectivity index (χ0) is 28.6. The van der Waals surface area contributed by atoms with Gasteiger partial charge in [-0.05, 0) is 81.6 Å². The van der Waals surface area contributed by atoms with Crippen molar-refractivity contribution in [2.75, 3.05) is 47.2 Å². The Balaban J connectivity index is 1.21. The Morgan fingerprint density at radius 3 is 2.38 bits per heavy atom. The maximum absolute atomic E-state index is 13.4. The maximum Gasteiger partial charge on any atom is 0.263 e. The molecule has 1 fully saturated rings. The number of amides is 1. The number of rotatable bonds is 6. The summed E-state index contributed by atoms with van der Waals surface area (Å²) < 4.78 is 28.4. The van der Waals surface area contributed by atoms with Crippen LogP contribution >= 0.6 is 23.2 Å². The SMILES string of the molecule is Cc1nc(C)c(Cl)c(NS(=O)(=O)c2ccc(N3CCN(C(=O)[C@@H](C)N4CCCc5cc(Cl)ccc54)CC3)cc2)n1. The Bertz CT molecular complexity index is 1530. The lowest BCUT2D eigenvalue weighted by Crippen LogP contribution is -2.55. The number of anilines is 3. The van der Waals surface area contributed by atoms with Gasteiger partial charge >= 0.3 is 0 Å². The molecule has 12 heteroatoms. The van der Waals surface area contributed by atoms with Crippen LogP contribution in [0.3, 0.4) is 0 Å². The smallest absolute Gasteiger partial charge is 0.263 e. The summed E-state index contributed by atoms with van der Waals surface area (Å²) in [5.74, 6) is 0.596. The normalized spacial score (nSPS) is 16.5. The van der Waals surface area contributed by atoms with Crippen molar-refractivity contribution < 1.29 is 13.2 Å². The molecule has 2 aliphatic rings. The maximum atomic E-state index is 13.4. The van der Waals surface area contributed by atoms with Gasteiger partial charge in [0.1, 0.15) is 16.9 Å². The molecule has 5 rings (SSSR count). The van der Waals surface area contributed by atoms with Crippen LogP contribution in [-0.4, -0.2) is 68.0 Å². The van der Waals surface area contributed by atoms with Crippen molar-refractivity contribution in [1.82, 2.24) is 14.9 Å². The molecule has 0 aliphatic carbocycles. The first kappa shape index (κ1) is 28.4. The van der Waals surface area contributed by atoms with E-state index in [0.29, 0.717) is 37.7 Å². The fourth-order valence-electron chi connectivity index (χ4n) is 5.37. The number of hydrogen-bond acceptors (Lipinski definition) is 7. The van der Waals surface area contributed by atoms with Gasteiger partial charge in [0.25, 0.3) is 10.0 Å². The standard InChI is InChI=1S/C28H32Cl2N6O3S/c1-18-26(30)27(32-20(3)31-18)33-40(38,39)24-9-7-23(8-10-24)34-13-15-35(16-14-34)28(37)19(2)36-12-4-5-21-17-22(29)6-11-25(21)36/h6-11,17,19H,4-5,12-16H2,1-3H3,(H,31,32,33)/t19-/m1/s1. The number of piperazine rings is 1. The van der Waals surface area contributed by atoms with Gasteiger partial charge in [0, 0.05) is 49.1 Å². The minimum absolute atomic E-state index is 0.0580. The highest BCUT2D eigenvalue weighted by molar-refractivity contribution is 7.92. The number of halogens is 2. The summed E-state index contributed by atoms with van der Waals surface area (Å²) >= 11 is 12.4. The zero-order valence-corrected chi connectivity index (χ0v) is 25.0. The van der Waals surface area contributed by atoms with Crippen LogP contribution < -0.4 is 14.5 Å². The molecule has 1 N–H and O–H groups in total. The van der Waals surface area contributed by atoms with Crippen molar-refractivity contribution >= 4 is 56.3 Å². The molecule has 1 amide bonds. The minimum atomic E-state index is -3.89. The average molecular weight is 604 g/mol. The fraction of sp³-hybridized carbons (Fsp3) is 0.393. The highest BCUT2D eigenvalue weighted by Crippen LogP contribution is 2.32. The molecule has 0 spiro atoms. The molecule has 1 atom stereocenters. The van der Waals surface area contributed by atoms with Gasteiger partial charge in [-0.1, -0.05) is 23.2 Å². The van der Waals surface area contributed by atoms with E-state index in [9.17, 15) is 13.2 Å². The summed E-state index contributed by atoms with van der Waals surface area (Å²) in [7, 11) is -3.89. The molecule has 2 aliphatic heterocycles. The highest BCUT2D eigenvalue weighted by atomic mass is 35.5. The average Bonchev–Trinajstić information content (AvgIpc) is 2.94. The van der Waals surface area contributed by atoms with Crippen LogP contribution in [0.15, 0.2) is 47.4 Å². The third kappa shape index (κ3) is 5.84. The predicted octanol–water partition coefficient (Wildman–Crippen LogP) is 4.69. The van der Waals surface area contributed by atoms with Crippen LogP contribution in [0.2, 0.25) is 10.0 Å². The highest BCUT2D eigenvalue weighted by Gasteiger charge is 2.31. The van der Waals surface area contributed by atoms with Crippen molar-refractivity contribution in [1.29, 1.82) is 0 Å². The number of aromatic nitrogens is 2. The summed E-state index contributed by atoms with van der Waals surface area (Å²) in [4.78, 5) is 28.1. The second-order valence-electron chi connectivity index (χ2n) is 10.2. The molecule has 40 heavy (non-hydrogen) atoms. The summed E-state index contributed by atoms with van der Waals surface area (Å²) in [6, 6.07) is 12.3. The predicted molar refractivity (Wildman–Crippen MR) is 159 cm³/mol. The quantitative estimate of drug-likeness (QED) is 0.437. The molecule has 212 valence electrons.